The molecule has 26 heavy (non-hydrogen) atoms. The third kappa shape index (κ3) is 4.83. The molecule has 136 valence electrons. The number of benzene rings is 2. The molecule has 0 aromatic heterocycles. The quantitative estimate of drug-likeness (QED) is 0.845. The van der Waals surface area contributed by atoms with Crippen LogP contribution in [-0.2, 0) is 14.8 Å². The molecule has 0 atom stereocenters. The molecule has 2 aromatic rings. The molecule has 0 aliphatic carbocycles. The van der Waals surface area contributed by atoms with Crippen LogP contribution in [-0.4, -0.2) is 27.1 Å². The lowest BCUT2D eigenvalue weighted by atomic mass is 10.0. The normalized spacial score (nSPS) is 11.0. The van der Waals surface area contributed by atoms with E-state index in [-0.39, 0.29) is 12.5 Å². The lowest BCUT2D eigenvalue weighted by Gasteiger charge is -2.22. The lowest BCUT2D eigenvalue weighted by Crippen LogP contribution is -2.37. The molecular formula is C19H21N3O3S. The molecule has 2 rings (SSSR count). The Balaban J connectivity index is 2.24. The Morgan fingerprint density at radius 1 is 1.15 bits per heavy atom. The number of hydrogen-bond donors (Lipinski definition) is 1. The van der Waals surface area contributed by atoms with E-state index in [1.54, 1.807) is 6.07 Å². The van der Waals surface area contributed by atoms with Gasteiger partial charge >= 0.3 is 0 Å². The zero-order valence-electron chi connectivity index (χ0n) is 14.9. The molecule has 0 unspecified atom stereocenters. The van der Waals surface area contributed by atoms with E-state index in [0.29, 0.717) is 16.9 Å². The van der Waals surface area contributed by atoms with E-state index in [0.717, 1.165) is 16.1 Å². The minimum Gasteiger partial charge on any atom is -0.324 e. The van der Waals surface area contributed by atoms with Crippen LogP contribution in [0.15, 0.2) is 48.5 Å². The summed E-state index contributed by atoms with van der Waals surface area (Å²) in [5.74, 6) is -0.219. The van der Waals surface area contributed by atoms with Gasteiger partial charge in [0.1, 0.15) is 6.54 Å². The highest BCUT2D eigenvalue weighted by Crippen LogP contribution is 2.24. The van der Waals surface area contributed by atoms with E-state index in [2.05, 4.69) is 5.32 Å². The van der Waals surface area contributed by atoms with Crippen molar-refractivity contribution in [1.29, 1.82) is 5.26 Å². The van der Waals surface area contributed by atoms with E-state index in [1.165, 1.54) is 24.3 Å². The van der Waals surface area contributed by atoms with Crippen molar-refractivity contribution in [2.24, 2.45) is 0 Å². The van der Waals surface area contributed by atoms with Gasteiger partial charge in [-0.3, -0.25) is 9.10 Å². The van der Waals surface area contributed by atoms with Crippen LogP contribution < -0.4 is 9.62 Å². The molecule has 7 heteroatoms. The van der Waals surface area contributed by atoms with Crippen molar-refractivity contribution < 1.29 is 13.2 Å². The summed E-state index contributed by atoms with van der Waals surface area (Å²) in [4.78, 5) is 12.5. The van der Waals surface area contributed by atoms with Crippen molar-refractivity contribution in [3.8, 4) is 6.07 Å². The number of para-hydroxylation sites is 1. The number of sulfonamides is 1. The van der Waals surface area contributed by atoms with Gasteiger partial charge in [0.05, 0.1) is 23.6 Å². The van der Waals surface area contributed by atoms with Crippen LogP contribution in [0.5, 0.6) is 0 Å². The third-order valence-corrected chi connectivity index (χ3v) is 4.97. The molecule has 1 amide bonds. The minimum atomic E-state index is -3.66. The van der Waals surface area contributed by atoms with Gasteiger partial charge < -0.3 is 5.32 Å². The smallest absolute Gasteiger partial charge is 0.245 e. The zero-order chi connectivity index (χ0) is 19.3. The average Bonchev–Trinajstić information content (AvgIpc) is 2.59. The first-order valence-corrected chi connectivity index (χ1v) is 9.94. The fourth-order valence-corrected chi connectivity index (χ4v) is 3.39. The standard InChI is InChI=1S/C19H21N3O3S/c1-14(2)17-6-4-5-7-18(17)21-19(23)13-22(26(3,24)25)16-10-8-15(12-20)9-11-16/h4-11,14H,13H2,1-3H3,(H,21,23). The van der Waals surface area contributed by atoms with Crippen LogP contribution in [0.1, 0.15) is 30.9 Å². The number of hydrogen-bond acceptors (Lipinski definition) is 4. The van der Waals surface area contributed by atoms with E-state index >= 15 is 0 Å². The van der Waals surface area contributed by atoms with Gasteiger partial charge in [-0.25, -0.2) is 8.42 Å². The molecule has 0 aliphatic heterocycles. The Bertz CT molecular complexity index is 929. The first-order chi connectivity index (χ1) is 12.2. The van der Waals surface area contributed by atoms with Crippen LogP contribution in [0, 0.1) is 11.3 Å². The van der Waals surface area contributed by atoms with Crippen LogP contribution in [0.2, 0.25) is 0 Å². The monoisotopic (exact) mass is 371 g/mol. The Hall–Kier alpha value is -2.85. The summed E-state index contributed by atoms with van der Waals surface area (Å²) in [5.41, 5.74) is 2.39. The first-order valence-electron chi connectivity index (χ1n) is 8.09. The lowest BCUT2D eigenvalue weighted by molar-refractivity contribution is -0.114. The zero-order valence-corrected chi connectivity index (χ0v) is 15.7. The number of anilines is 2. The van der Waals surface area contributed by atoms with Crippen molar-refractivity contribution in [1.82, 2.24) is 0 Å². The predicted molar refractivity (Wildman–Crippen MR) is 103 cm³/mol. The fourth-order valence-electron chi connectivity index (χ4n) is 2.54. The molecular weight excluding hydrogens is 350 g/mol. The Morgan fingerprint density at radius 3 is 2.31 bits per heavy atom. The maximum absolute atomic E-state index is 12.5. The molecule has 0 bridgehead atoms. The summed E-state index contributed by atoms with van der Waals surface area (Å²) in [5, 5.41) is 11.7. The summed E-state index contributed by atoms with van der Waals surface area (Å²) in [6.45, 7) is 3.69. The second kappa shape index (κ2) is 8.02. The van der Waals surface area contributed by atoms with E-state index in [4.69, 9.17) is 5.26 Å². The molecule has 0 fully saturated rings. The van der Waals surface area contributed by atoms with Crippen molar-refractivity contribution in [2.45, 2.75) is 19.8 Å². The highest BCUT2D eigenvalue weighted by molar-refractivity contribution is 7.92. The average molecular weight is 371 g/mol. The van der Waals surface area contributed by atoms with Crippen LogP contribution >= 0.6 is 0 Å². The number of nitrogens with zero attached hydrogens (tertiary/aromatic N) is 2. The Morgan fingerprint density at radius 2 is 1.77 bits per heavy atom. The summed E-state index contributed by atoms with van der Waals surface area (Å²) in [6.07, 6.45) is 1.04. The SMILES string of the molecule is CC(C)c1ccccc1NC(=O)CN(c1ccc(C#N)cc1)S(C)(=O)=O. The highest BCUT2D eigenvalue weighted by atomic mass is 32.2. The van der Waals surface area contributed by atoms with Gasteiger partial charge in [-0.2, -0.15) is 5.26 Å². The van der Waals surface area contributed by atoms with E-state index < -0.39 is 15.9 Å². The van der Waals surface area contributed by atoms with Gasteiger partial charge in [0.15, 0.2) is 0 Å². The molecule has 0 heterocycles. The molecule has 0 aliphatic rings. The predicted octanol–water partition coefficient (Wildman–Crippen LogP) is 3.09. The maximum atomic E-state index is 12.5. The van der Waals surface area contributed by atoms with Gasteiger partial charge in [0.25, 0.3) is 0 Å². The van der Waals surface area contributed by atoms with Gasteiger partial charge in [0.2, 0.25) is 15.9 Å². The van der Waals surface area contributed by atoms with E-state index in [9.17, 15) is 13.2 Å². The van der Waals surface area contributed by atoms with Crippen LogP contribution in [0.4, 0.5) is 11.4 Å². The molecule has 0 spiro atoms. The molecule has 0 saturated carbocycles. The molecule has 6 nitrogen and oxygen atoms in total. The van der Waals surface area contributed by atoms with Crippen LogP contribution in [0.3, 0.4) is 0 Å². The van der Waals surface area contributed by atoms with Gasteiger partial charge in [-0.05, 0) is 41.8 Å². The fraction of sp³-hybridized carbons (Fsp3) is 0.263. The maximum Gasteiger partial charge on any atom is 0.245 e. The molecule has 0 radical (unpaired) electrons. The second-order valence-electron chi connectivity index (χ2n) is 6.22. The summed E-state index contributed by atoms with van der Waals surface area (Å²) in [6, 6.07) is 15.4. The highest BCUT2D eigenvalue weighted by Gasteiger charge is 2.21. The van der Waals surface area contributed by atoms with Crippen LogP contribution in [0.25, 0.3) is 0 Å². The summed E-state index contributed by atoms with van der Waals surface area (Å²) in [7, 11) is -3.66. The number of nitriles is 1. The molecule has 1 N–H and O–H groups in total. The summed E-state index contributed by atoms with van der Waals surface area (Å²) < 4.78 is 25.3. The minimum absolute atomic E-state index is 0.219. The topological polar surface area (TPSA) is 90.3 Å². The number of carbonyl (C=O) groups excluding carboxylic acids is 1. The third-order valence-electron chi connectivity index (χ3n) is 3.83. The van der Waals surface area contributed by atoms with E-state index in [1.807, 2.05) is 38.1 Å². The number of carbonyl (C=O) groups is 1. The van der Waals surface area contributed by atoms with Crippen molar-refractivity contribution in [2.75, 3.05) is 22.4 Å². The molecule has 2 aromatic carbocycles. The Labute approximate surface area is 154 Å². The number of amides is 1. The first kappa shape index (κ1) is 19.5. The van der Waals surface area contributed by atoms with Gasteiger partial charge in [-0.15, -0.1) is 0 Å². The Kier molecular flexibility index (Phi) is 6.01. The van der Waals surface area contributed by atoms with Crippen molar-refractivity contribution in [3.63, 3.8) is 0 Å². The number of rotatable bonds is 6. The van der Waals surface area contributed by atoms with Crippen molar-refractivity contribution in [3.05, 3.63) is 59.7 Å². The second-order valence-corrected chi connectivity index (χ2v) is 8.13. The van der Waals surface area contributed by atoms with Gasteiger partial charge in [-0.1, -0.05) is 32.0 Å². The largest absolute Gasteiger partial charge is 0.324 e. The molecule has 0 saturated heterocycles. The number of nitrogens with one attached hydrogen (secondary N) is 1. The summed E-state index contributed by atoms with van der Waals surface area (Å²) >= 11 is 0. The van der Waals surface area contributed by atoms with Crippen molar-refractivity contribution >= 4 is 27.3 Å². The van der Waals surface area contributed by atoms with Gasteiger partial charge in [0, 0.05) is 5.69 Å².